The van der Waals surface area contributed by atoms with Crippen LogP contribution in [0.1, 0.15) is 57.6 Å². The molecule has 0 aliphatic heterocycles. The molecule has 0 aliphatic carbocycles. The molecule has 1 amide bonds. The highest BCUT2D eigenvalue weighted by Gasteiger charge is 2.29. The third kappa shape index (κ3) is 6.31. The fourth-order valence-electron chi connectivity index (χ4n) is 3.01. The summed E-state index contributed by atoms with van der Waals surface area (Å²) in [6.07, 6.45) is 5.50. The van der Waals surface area contributed by atoms with E-state index in [-0.39, 0.29) is 5.91 Å². The van der Waals surface area contributed by atoms with Crippen LogP contribution < -0.4 is 9.62 Å². The van der Waals surface area contributed by atoms with Crippen molar-refractivity contribution in [3.05, 3.63) is 29.3 Å². The van der Waals surface area contributed by atoms with Gasteiger partial charge in [0, 0.05) is 6.54 Å². The zero-order valence-corrected chi connectivity index (χ0v) is 17.8. The van der Waals surface area contributed by atoms with Gasteiger partial charge in [0.15, 0.2) is 0 Å². The number of hydrogen-bond donors (Lipinski definition) is 1. The highest BCUT2D eigenvalue weighted by atomic mass is 32.2. The number of sulfonamides is 1. The summed E-state index contributed by atoms with van der Waals surface area (Å²) in [6.45, 7) is 10.4. The van der Waals surface area contributed by atoms with Gasteiger partial charge in [0.25, 0.3) is 0 Å². The maximum atomic E-state index is 12.6. The van der Waals surface area contributed by atoms with Gasteiger partial charge < -0.3 is 5.32 Å². The van der Waals surface area contributed by atoms with Crippen molar-refractivity contribution in [3.63, 3.8) is 0 Å². The molecular formula is C20H34N2O3S. The predicted octanol–water partition coefficient (Wildman–Crippen LogP) is 3.79. The molecule has 0 heterocycles. The van der Waals surface area contributed by atoms with E-state index in [0.29, 0.717) is 18.2 Å². The second-order valence-electron chi connectivity index (χ2n) is 7.17. The normalized spacial score (nSPS) is 13.9. The number of aryl methyl sites for hydroxylation is 2. The van der Waals surface area contributed by atoms with Crippen LogP contribution in [0.4, 0.5) is 5.69 Å². The maximum Gasteiger partial charge on any atom is 0.243 e. The van der Waals surface area contributed by atoms with Crippen molar-refractivity contribution in [1.82, 2.24) is 5.32 Å². The minimum atomic E-state index is -3.58. The number of carbonyl (C=O) groups excluding carboxylic acids is 1. The monoisotopic (exact) mass is 382 g/mol. The Hall–Kier alpha value is -1.56. The Labute approximate surface area is 159 Å². The Balaban J connectivity index is 2.94. The second kappa shape index (κ2) is 9.95. The van der Waals surface area contributed by atoms with E-state index in [1.165, 1.54) is 4.31 Å². The Kier molecular flexibility index (Phi) is 8.60. The van der Waals surface area contributed by atoms with E-state index in [1.807, 2.05) is 26.0 Å². The Morgan fingerprint density at radius 3 is 2.35 bits per heavy atom. The van der Waals surface area contributed by atoms with Crippen LogP contribution in [0, 0.1) is 19.8 Å². The first-order chi connectivity index (χ1) is 12.1. The van der Waals surface area contributed by atoms with E-state index in [0.717, 1.165) is 43.1 Å². The van der Waals surface area contributed by atoms with Crippen molar-refractivity contribution in [2.45, 2.75) is 66.3 Å². The average Bonchev–Trinajstić information content (AvgIpc) is 2.56. The van der Waals surface area contributed by atoms with E-state index >= 15 is 0 Å². The van der Waals surface area contributed by atoms with Crippen LogP contribution in [0.3, 0.4) is 0 Å². The van der Waals surface area contributed by atoms with Crippen LogP contribution in [-0.2, 0) is 14.8 Å². The minimum absolute atomic E-state index is 0.261. The number of hydrogen-bond acceptors (Lipinski definition) is 3. The van der Waals surface area contributed by atoms with Crippen molar-refractivity contribution in [2.24, 2.45) is 5.92 Å². The van der Waals surface area contributed by atoms with Crippen molar-refractivity contribution in [3.8, 4) is 0 Å². The molecule has 0 aromatic heterocycles. The molecule has 0 bridgehead atoms. The molecule has 0 aliphatic rings. The van der Waals surface area contributed by atoms with Crippen molar-refractivity contribution >= 4 is 21.6 Å². The van der Waals surface area contributed by atoms with Gasteiger partial charge >= 0.3 is 0 Å². The number of rotatable bonds is 10. The highest BCUT2D eigenvalue weighted by molar-refractivity contribution is 7.92. The highest BCUT2D eigenvalue weighted by Crippen LogP contribution is 2.24. The van der Waals surface area contributed by atoms with Crippen LogP contribution in [0.15, 0.2) is 18.2 Å². The summed E-state index contributed by atoms with van der Waals surface area (Å²) in [4.78, 5) is 12.6. The largest absolute Gasteiger partial charge is 0.354 e. The van der Waals surface area contributed by atoms with Gasteiger partial charge in [0.2, 0.25) is 15.9 Å². The van der Waals surface area contributed by atoms with Gasteiger partial charge in [0.1, 0.15) is 6.04 Å². The Morgan fingerprint density at radius 2 is 1.85 bits per heavy atom. The van der Waals surface area contributed by atoms with Gasteiger partial charge in [-0.15, -0.1) is 0 Å². The Morgan fingerprint density at radius 1 is 1.19 bits per heavy atom. The van der Waals surface area contributed by atoms with E-state index in [2.05, 4.69) is 19.2 Å². The molecule has 0 saturated heterocycles. The fourth-order valence-corrected chi connectivity index (χ4v) is 4.17. The lowest BCUT2D eigenvalue weighted by molar-refractivity contribution is -0.122. The molecule has 2 atom stereocenters. The van der Waals surface area contributed by atoms with Gasteiger partial charge in [-0.1, -0.05) is 39.2 Å². The number of unbranched alkanes of at least 4 members (excludes halogenated alkanes) is 1. The molecule has 2 unspecified atom stereocenters. The first-order valence-electron chi connectivity index (χ1n) is 9.46. The molecule has 0 radical (unpaired) electrons. The van der Waals surface area contributed by atoms with Crippen molar-refractivity contribution in [1.29, 1.82) is 0 Å². The third-order valence-electron chi connectivity index (χ3n) is 4.94. The molecule has 26 heavy (non-hydrogen) atoms. The molecule has 6 heteroatoms. The Bertz CT molecular complexity index is 701. The molecule has 1 aromatic rings. The minimum Gasteiger partial charge on any atom is -0.354 e. The summed E-state index contributed by atoms with van der Waals surface area (Å²) in [7, 11) is -3.58. The molecule has 148 valence electrons. The summed E-state index contributed by atoms with van der Waals surface area (Å²) in [6, 6.07) is 4.65. The van der Waals surface area contributed by atoms with Crippen LogP contribution >= 0.6 is 0 Å². The number of benzene rings is 1. The zero-order valence-electron chi connectivity index (χ0n) is 17.0. The third-order valence-corrected chi connectivity index (χ3v) is 6.18. The van der Waals surface area contributed by atoms with Gasteiger partial charge in [-0.3, -0.25) is 9.10 Å². The van der Waals surface area contributed by atoms with E-state index in [4.69, 9.17) is 0 Å². The summed E-state index contributed by atoms with van der Waals surface area (Å²) >= 11 is 0. The number of amides is 1. The van der Waals surface area contributed by atoms with E-state index in [9.17, 15) is 13.2 Å². The lowest BCUT2D eigenvalue weighted by atomic mass is 9.99. The topological polar surface area (TPSA) is 66.5 Å². The summed E-state index contributed by atoms with van der Waals surface area (Å²) in [5.41, 5.74) is 2.60. The first-order valence-corrected chi connectivity index (χ1v) is 11.3. The van der Waals surface area contributed by atoms with Gasteiger partial charge in [-0.25, -0.2) is 8.42 Å². The average molecular weight is 383 g/mol. The summed E-state index contributed by atoms with van der Waals surface area (Å²) < 4.78 is 25.9. The molecule has 1 N–H and O–H groups in total. The number of anilines is 1. The van der Waals surface area contributed by atoms with E-state index in [1.54, 1.807) is 13.0 Å². The number of carbonyl (C=O) groups is 1. The maximum absolute atomic E-state index is 12.6. The molecule has 1 rings (SSSR count). The summed E-state index contributed by atoms with van der Waals surface area (Å²) in [5.74, 6) is 0.169. The van der Waals surface area contributed by atoms with Gasteiger partial charge in [-0.05, 0) is 56.4 Å². The zero-order chi connectivity index (χ0) is 19.9. The van der Waals surface area contributed by atoms with Gasteiger partial charge in [-0.2, -0.15) is 0 Å². The van der Waals surface area contributed by atoms with Crippen molar-refractivity contribution in [2.75, 3.05) is 17.1 Å². The van der Waals surface area contributed by atoms with E-state index < -0.39 is 16.1 Å². The SMILES string of the molecule is CCCCC(CC)CNC(=O)C(C)N(c1ccc(C)c(C)c1)S(C)(=O)=O. The quantitative estimate of drug-likeness (QED) is 0.669. The molecule has 0 saturated carbocycles. The van der Waals surface area contributed by atoms with Crippen LogP contribution in [0.5, 0.6) is 0 Å². The molecule has 5 nitrogen and oxygen atoms in total. The smallest absolute Gasteiger partial charge is 0.243 e. The standard InChI is InChI=1S/C20H34N2O3S/c1-7-9-10-18(8-2)14-21-20(23)17(5)22(26(6,24)25)19-12-11-15(3)16(4)13-19/h11-13,17-18H,7-10,14H2,1-6H3,(H,21,23). The molecule has 1 aromatic carbocycles. The number of nitrogens with zero attached hydrogens (tertiary/aromatic N) is 1. The van der Waals surface area contributed by atoms with Crippen LogP contribution in [-0.4, -0.2) is 33.2 Å². The first kappa shape index (κ1) is 22.5. The van der Waals surface area contributed by atoms with Gasteiger partial charge in [0.05, 0.1) is 11.9 Å². The summed E-state index contributed by atoms with van der Waals surface area (Å²) in [5, 5.41) is 2.95. The molecule has 0 fully saturated rings. The molecular weight excluding hydrogens is 348 g/mol. The van der Waals surface area contributed by atoms with Crippen LogP contribution in [0.25, 0.3) is 0 Å². The number of nitrogens with one attached hydrogen (secondary N) is 1. The predicted molar refractivity (Wildman–Crippen MR) is 109 cm³/mol. The fraction of sp³-hybridized carbons (Fsp3) is 0.650. The second-order valence-corrected chi connectivity index (χ2v) is 9.02. The van der Waals surface area contributed by atoms with Crippen LogP contribution in [0.2, 0.25) is 0 Å². The molecule has 0 spiro atoms. The van der Waals surface area contributed by atoms with Crippen molar-refractivity contribution < 1.29 is 13.2 Å². The lowest BCUT2D eigenvalue weighted by Gasteiger charge is -2.29. The lowest BCUT2D eigenvalue weighted by Crippen LogP contribution is -2.48.